The van der Waals surface area contributed by atoms with Crippen molar-refractivity contribution in [2.75, 3.05) is 11.9 Å². The minimum Gasteiger partial charge on any atom is -0.389 e. The number of hydrogen-bond acceptors (Lipinski definition) is 4. The van der Waals surface area contributed by atoms with Gasteiger partial charge in [-0.3, -0.25) is 4.79 Å². The van der Waals surface area contributed by atoms with Crippen LogP contribution in [0.4, 0.5) is 11.5 Å². The van der Waals surface area contributed by atoms with Crippen LogP contribution < -0.4 is 16.4 Å². The third-order valence-corrected chi connectivity index (χ3v) is 3.12. The number of hydrogen-bond donors (Lipinski definition) is 2. The smallest absolute Gasteiger partial charge is 0.252 e. The summed E-state index contributed by atoms with van der Waals surface area (Å²) in [6.07, 6.45) is 1.61. The Labute approximate surface area is 122 Å². The van der Waals surface area contributed by atoms with Gasteiger partial charge in [-0.25, -0.2) is 4.98 Å². The number of primary amides is 1. The van der Waals surface area contributed by atoms with E-state index in [4.69, 9.17) is 23.7 Å². The number of amides is 1. The van der Waals surface area contributed by atoms with Gasteiger partial charge in [-0.05, 0) is 24.3 Å². The Hall–Kier alpha value is -2.47. The maximum Gasteiger partial charge on any atom is 0.252 e. The molecule has 0 aliphatic rings. The summed E-state index contributed by atoms with van der Waals surface area (Å²) in [7, 11) is 1.80. The van der Waals surface area contributed by atoms with Gasteiger partial charge < -0.3 is 16.4 Å². The topological polar surface area (TPSA) is 85.2 Å². The van der Waals surface area contributed by atoms with Crippen LogP contribution in [0.25, 0.3) is 0 Å². The van der Waals surface area contributed by atoms with E-state index in [2.05, 4.69) is 4.98 Å². The minimum absolute atomic E-state index is 0.316. The van der Waals surface area contributed by atoms with Gasteiger partial charge >= 0.3 is 0 Å². The summed E-state index contributed by atoms with van der Waals surface area (Å²) < 4.78 is 0. The highest BCUT2D eigenvalue weighted by molar-refractivity contribution is 7.80. The molecule has 0 aliphatic heterocycles. The van der Waals surface area contributed by atoms with E-state index in [0.29, 0.717) is 16.4 Å². The molecule has 0 atom stereocenters. The molecule has 0 saturated carbocycles. The number of anilines is 2. The molecule has 4 N–H and O–H groups in total. The van der Waals surface area contributed by atoms with Gasteiger partial charge in [0.25, 0.3) is 5.91 Å². The van der Waals surface area contributed by atoms with Crippen LogP contribution in [-0.4, -0.2) is 22.9 Å². The zero-order chi connectivity index (χ0) is 14.7. The van der Waals surface area contributed by atoms with Crippen molar-refractivity contribution in [2.45, 2.75) is 0 Å². The lowest BCUT2D eigenvalue weighted by atomic mass is 10.1. The molecule has 0 fully saturated rings. The minimum atomic E-state index is -0.523. The lowest BCUT2D eigenvalue weighted by molar-refractivity contribution is 0.100. The van der Waals surface area contributed by atoms with E-state index < -0.39 is 5.91 Å². The number of carbonyl (C=O) groups is 1. The van der Waals surface area contributed by atoms with Gasteiger partial charge in [0.1, 0.15) is 10.8 Å². The second-order valence-electron chi connectivity index (χ2n) is 4.21. The number of rotatable bonds is 4. The molecule has 6 heteroatoms. The van der Waals surface area contributed by atoms with Gasteiger partial charge in [-0.1, -0.05) is 24.4 Å². The molecule has 1 amide bonds. The van der Waals surface area contributed by atoms with E-state index in [1.54, 1.807) is 30.3 Å². The number of nitrogens with two attached hydrogens (primary N) is 2. The van der Waals surface area contributed by atoms with E-state index in [0.717, 1.165) is 11.3 Å². The molecular weight excluding hydrogens is 272 g/mol. The molecule has 0 unspecified atom stereocenters. The molecule has 0 saturated heterocycles. The molecule has 20 heavy (non-hydrogen) atoms. The van der Waals surface area contributed by atoms with Gasteiger partial charge in [0.2, 0.25) is 0 Å². The van der Waals surface area contributed by atoms with Crippen molar-refractivity contribution in [2.24, 2.45) is 11.5 Å². The summed E-state index contributed by atoms with van der Waals surface area (Å²) in [4.78, 5) is 17.7. The average molecular weight is 286 g/mol. The maximum absolute atomic E-state index is 11.4. The molecule has 0 radical (unpaired) electrons. The number of aromatic nitrogens is 1. The summed E-state index contributed by atoms with van der Waals surface area (Å²) in [6.45, 7) is 0. The van der Waals surface area contributed by atoms with Gasteiger partial charge in [0.05, 0.1) is 5.56 Å². The van der Waals surface area contributed by atoms with Gasteiger partial charge in [0, 0.05) is 24.5 Å². The summed E-state index contributed by atoms with van der Waals surface area (Å²) in [6, 6.07) is 10.7. The molecule has 0 spiro atoms. The maximum atomic E-state index is 11.4. The van der Waals surface area contributed by atoms with Crippen molar-refractivity contribution >= 4 is 34.6 Å². The Morgan fingerprint density at radius 2 is 2.00 bits per heavy atom. The number of thiocarbonyl (C=S) groups is 1. The van der Waals surface area contributed by atoms with E-state index in [-0.39, 0.29) is 0 Å². The second-order valence-corrected chi connectivity index (χ2v) is 4.65. The molecule has 1 heterocycles. The Kier molecular flexibility index (Phi) is 3.95. The second kappa shape index (κ2) is 5.66. The van der Waals surface area contributed by atoms with Crippen LogP contribution in [0.5, 0.6) is 0 Å². The lowest BCUT2D eigenvalue weighted by Gasteiger charge is -2.20. The van der Waals surface area contributed by atoms with Crippen LogP contribution in [0.15, 0.2) is 42.6 Å². The van der Waals surface area contributed by atoms with E-state index in [9.17, 15) is 4.79 Å². The predicted molar refractivity (Wildman–Crippen MR) is 83.1 cm³/mol. The van der Waals surface area contributed by atoms with E-state index >= 15 is 0 Å². The molecular formula is C14H14N4OS. The van der Waals surface area contributed by atoms with Crippen molar-refractivity contribution in [1.82, 2.24) is 4.98 Å². The van der Waals surface area contributed by atoms with Gasteiger partial charge in [-0.15, -0.1) is 0 Å². The van der Waals surface area contributed by atoms with Crippen molar-refractivity contribution in [3.8, 4) is 0 Å². The summed E-state index contributed by atoms with van der Waals surface area (Å²) in [5.74, 6) is -0.0365. The summed E-state index contributed by atoms with van der Waals surface area (Å²) >= 11 is 4.96. The first-order chi connectivity index (χ1) is 9.50. The zero-order valence-electron chi connectivity index (χ0n) is 10.9. The van der Waals surface area contributed by atoms with Crippen LogP contribution >= 0.6 is 12.2 Å². The van der Waals surface area contributed by atoms with Crippen LogP contribution in [0.2, 0.25) is 0 Å². The molecule has 0 aliphatic carbocycles. The predicted octanol–water partition coefficient (Wildman–Crippen LogP) is 1.58. The first kappa shape index (κ1) is 14.0. The number of carbonyl (C=O) groups excluding carboxylic acids is 1. The molecule has 0 bridgehead atoms. The molecule has 5 nitrogen and oxygen atoms in total. The van der Waals surface area contributed by atoms with Crippen LogP contribution in [0.3, 0.4) is 0 Å². The van der Waals surface area contributed by atoms with Gasteiger partial charge in [0.15, 0.2) is 0 Å². The Bertz CT molecular complexity index is 672. The van der Waals surface area contributed by atoms with E-state index in [1.807, 2.05) is 24.3 Å². The average Bonchev–Trinajstić information content (AvgIpc) is 2.46. The Morgan fingerprint density at radius 1 is 1.25 bits per heavy atom. The first-order valence-electron chi connectivity index (χ1n) is 5.89. The third-order valence-electron chi connectivity index (χ3n) is 2.89. The normalized spacial score (nSPS) is 10.1. The highest BCUT2D eigenvalue weighted by atomic mass is 32.1. The van der Waals surface area contributed by atoms with Crippen LogP contribution in [-0.2, 0) is 0 Å². The molecule has 2 aromatic rings. The Morgan fingerprint density at radius 3 is 2.65 bits per heavy atom. The lowest BCUT2D eigenvalue weighted by Crippen LogP contribution is -2.20. The SMILES string of the molecule is CN(c1cccc(C(N)=S)c1)c1ncccc1C(N)=O. The fourth-order valence-corrected chi connectivity index (χ4v) is 1.97. The fourth-order valence-electron chi connectivity index (χ4n) is 1.85. The van der Waals surface area contributed by atoms with Crippen LogP contribution in [0, 0.1) is 0 Å². The number of nitrogens with zero attached hydrogens (tertiary/aromatic N) is 2. The summed E-state index contributed by atoms with van der Waals surface area (Å²) in [5.41, 5.74) is 12.9. The standard InChI is InChI=1S/C14H14N4OS/c1-18(10-5-2-4-9(8-10)13(16)20)14-11(12(15)19)6-3-7-17-14/h2-8H,1H3,(H2,15,19)(H2,16,20). The van der Waals surface area contributed by atoms with Crippen molar-refractivity contribution in [1.29, 1.82) is 0 Å². The van der Waals surface area contributed by atoms with Gasteiger partial charge in [-0.2, -0.15) is 0 Å². The number of benzene rings is 1. The van der Waals surface area contributed by atoms with E-state index in [1.165, 1.54) is 0 Å². The Balaban J connectivity index is 2.46. The molecule has 2 rings (SSSR count). The first-order valence-corrected chi connectivity index (χ1v) is 6.30. The highest BCUT2D eigenvalue weighted by Crippen LogP contribution is 2.25. The molecule has 1 aromatic heterocycles. The monoisotopic (exact) mass is 286 g/mol. The van der Waals surface area contributed by atoms with Crippen molar-refractivity contribution in [3.63, 3.8) is 0 Å². The van der Waals surface area contributed by atoms with Crippen molar-refractivity contribution < 1.29 is 4.79 Å². The molecule has 1 aromatic carbocycles. The largest absolute Gasteiger partial charge is 0.389 e. The van der Waals surface area contributed by atoms with Crippen LogP contribution in [0.1, 0.15) is 15.9 Å². The highest BCUT2D eigenvalue weighted by Gasteiger charge is 2.14. The third kappa shape index (κ3) is 2.75. The summed E-state index contributed by atoms with van der Waals surface area (Å²) in [5, 5.41) is 0. The van der Waals surface area contributed by atoms with Crippen molar-refractivity contribution in [3.05, 3.63) is 53.7 Å². The zero-order valence-corrected chi connectivity index (χ0v) is 11.7. The molecule has 102 valence electrons. The fraction of sp³-hybridized carbons (Fsp3) is 0.0714. The quantitative estimate of drug-likeness (QED) is 0.834. The number of pyridine rings is 1.